The van der Waals surface area contributed by atoms with Gasteiger partial charge in [-0.1, -0.05) is 55.8 Å². The van der Waals surface area contributed by atoms with Crippen LogP contribution in [-0.4, -0.2) is 15.0 Å². The quantitative estimate of drug-likeness (QED) is 0.719. The van der Waals surface area contributed by atoms with E-state index in [1.807, 2.05) is 0 Å². The smallest absolute Gasteiger partial charge is 0.0877 e. The number of benzene rings is 1. The molecule has 1 rings (SSSR count). The Bertz CT molecular complexity index is 235. The van der Waals surface area contributed by atoms with Crippen molar-refractivity contribution in [1.82, 2.24) is 0 Å². The Morgan fingerprint density at radius 1 is 1.31 bits per heavy atom. The molecule has 1 aromatic rings. The number of rotatable bonds is 4. The summed E-state index contributed by atoms with van der Waals surface area (Å²) in [5.74, 6) is 0. The minimum Gasteiger partial charge on any atom is -0.333 e. The van der Waals surface area contributed by atoms with Crippen LogP contribution >= 0.6 is 0 Å². The summed E-state index contributed by atoms with van der Waals surface area (Å²) in [5, 5.41) is 1.51. The van der Waals surface area contributed by atoms with E-state index in [1.165, 1.54) is 11.6 Å². The molecule has 0 heterocycles. The standard InChI is InChI=1S/C11H19NSi/c1-3-10(2)13(9-12)11-7-5-4-6-8-11/h4-8,10,13H,3,9,12H2,1-2H3. The van der Waals surface area contributed by atoms with Gasteiger partial charge in [0.1, 0.15) is 0 Å². The van der Waals surface area contributed by atoms with Gasteiger partial charge in [-0.2, -0.15) is 0 Å². The van der Waals surface area contributed by atoms with Gasteiger partial charge in [0.05, 0.1) is 8.80 Å². The van der Waals surface area contributed by atoms with Crippen LogP contribution in [0.15, 0.2) is 30.3 Å². The summed E-state index contributed by atoms with van der Waals surface area (Å²) >= 11 is 0. The highest BCUT2D eigenvalue weighted by atomic mass is 28.3. The maximum atomic E-state index is 5.84. The first-order valence-corrected chi connectivity index (χ1v) is 7.10. The maximum absolute atomic E-state index is 5.84. The Hall–Kier alpha value is -0.603. The van der Waals surface area contributed by atoms with Crippen molar-refractivity contribution in [3.05, 3.63) is 30.3 Å². The fraction of sp³-hybridized carbons (Fsp3) is 0.455. The van der Waals surface area contributed by atoms with Gasteiger partial charge in [-0.3, -0.25) is 0 Å². The van der Waals surface area contributed by atoms with Gasteiger partial charge in [0.25, 0.3) is 0 Å². The molecule has 2 unspecified atom stereocenters. The third-order valence-corrected chi connectivity index (χ3v) is 6.41. The van der Waals surface area contributed by atoms with E-state index in [2.05, 4.69) is 44.2 Å². The summed E-state index contributed by atoms with van der Waals surface area (Å²) in [6, 6.07) is 10.8. The summed E-state index contributed by atoms with van der Waals surface area (Å²) in [5.41, 5.74) is 6.66. The lowest BCUT2D eigenvalue weighted by atomic mass is 10.4. The average Bonchev–Trinajstić information content (AvgIpc) is 2.20. The Labute approximate surface area is 82.6 Å². The molecule has 0 bridgehead atoms. The van der Waals surface area contributed by atoms with Crippen LogP contribution in [0.4, 0.5) is 0 Å². The van der Waals surface area contributed by atoms with E-state index in [1.54, 1.807) is 0 Å². The second-order valence-corrected chi connectivity index (χ2v) is 7.13. The molecule has 0 spiro atoms. The third kappa shape index (κ3) is 2.67. The monoisotopic (exact) mass is 193 g/mol. The Morgan fingerprint density at radius 3 is 2.38 bits per heavy atom. The van der Waals surface area contributed by atoms with E-state index < -0.39 is 8.80 Å². The first-order chi connectivity index (χ1) is 6.29. The first-order valence-electron chi connectivity index (χ1n) is 5.04. The zero-order valence-corrected chi connectivity index (χ0v) is 9.69. The topological polar surface area (TPSA) is 26.0 Å². The lowest BCUT2D eigenvalue weighted by Gasteiger charge is -2.19. The molecule has 0 amide bonds. The van der Waals surface area contributed by atoms with Crippen molar-refractivity contribution < 1.29 is 0 Å². The van der Waals surface area contributed by atoms with Gasteiger partial charge in [-0.25, -0.2) is 0 Å². The van der Waals surface area contributed by atoms with Crippen molar-refractivity contribution in [1.29, 1.82) is 0 Å². The summed E-state index contributed by atoms with van der Waals surface area (Å²) in [4.78, 5) is 0. The summed E-state index contributed by atoms with van der Waals surface area (Å²) < 4.78 is 0. The van der Waals surface area contributed by atoms with Crippen LogP contribution in [0.5, 0.6) is 0 Å². The minimum atomic E-state index is -0.888. The van der Waals surface area contributed by atoms with Crippen molar-refractivity contribution in [2.24, 2.45) is 5.73 Å². The SMILES string of the molecule is CCC(C)[SiH](CN)c1ccccc1. The minimum absolute atomic E-state index is 0.812. The molecule has 2 heteroatoms. The number of hydrogen-bond donors (Lipinski definition) is 1. The van der Waals surface area contributed by atoms with Crippen LogP contribution in [-0.2, 0) is 0 Å². The molecule has 1 aromatic carbocycles. The fourth-order valence-electron chi connectivity index (χ4n) is 1.68. The molecular weight excluding hydrogens is 174 g/mol. The largest absolute Gasteiger partial charge is 0.333 e. The second-order valence-electron chi connectivity index (χ2n) is 3.64. The van der Waals surface area contributed by atoms with Crippen LogP contribution < -0.4 is 10.9 Å². The Balaban J connectivity index is 2.78. The number of hydrogen-bond acceptors (Lipinski definition) is 1. The Kier molecular flexibility index (Phi) is 4.19. The number of nitrogens with two attached hydrogens (primary N) is 1. The molecule has 0 aliphatic carbocycles. The average molecular weight is 193 g/mol. The van der Waals surface area contributed by atoms with Crippen LogP contribution in [0.1, 0.15) is 20.3 Å². The van der Waals surface area contributed by atoms with E-state index in [4.69, 9.17) is 5.73 Å². The maximum Gasteiger partial charge on any atom is 0.0877 e. The molecule has 0 aromatic heterocycles. The molecule has 0 fully saturated rings. The highest BCUT2D eigenvalue weighted by Crippen LogP contribution is 2.12. The predicted molar refractivity (Wildman–Crippen MR) is 62.0 cm³/mol. The lowest BCUT2D eigenvalue weighted by Crippen LogP contribution is -2.41. The van der Waals surface area contributed by atoms with E-state index in [-0.39, 0.29) is 0 Å². The highest BCUT2D eigenvalue weighted by molar-refractivity contribution is 6.74. The van der Waals surface area contributed by atoms with Crippen LogP contribution in [0.2, 0.25) is 5.54 Å². The van der Waals surface area contributed by atoms with E-state index in [9.17, 15) is 0 Å². The van der Waals surface area contributed by atoms with Crippen molar-refractivity contribution in [3.63, 3.8) is 0 Å². The van der Waals surface area contributed by atoms with Crippen molar-refractivity contribution in [2.75, 3.05) is 6.17 Å². The molecule has 0 aliphatic rings. The fourth-order valence-corrected chi connectivity index (χ4v) is 4.36. The summed E-state index contributed by atoms with van der Waals surface area (Å²) in [6.07, 6.45) is 2.14. The molecular formula is C11H19NSi. The first kappa shape index (κ1) is 10.5. The van der Waals surface area contributed by atoms with Gasteiger partial charge >= 0.3 is 0 Å². The van der Waals surface area contributed by atoms with Crippen molar-refractivity contribution in [2.45, 2.75) is 25.8 Å². The summed E-state index contributed by atoms with van der Waals surface area (Å²) in [7, 11) is -0.888. The molecule has 72 valence electrons. The van der Waals surface area contributed by atoms with Gasteiger partial charge in [0.2, 0.25) is 0 Å². The third-order valence-electron chi connectivity index (χ3n) is 2.81. The van der Waals surface area contributed by atoms with Gasteiger partial charge in [-0.15, -0.1) is 0 Å². The normalized spacial score (nSPS) is 15.3. The van der Waals surface area contributed by atoms with E-state index >= 15 is 0 Å². The zero-order valence-electron chi connectivity index (χ0n) is 8.53. The van der Waals surface area contributed by atoms with E-state index in [0.29, 0.717) is 0 Å². The zero-order chi connectivity index (χ0) is 9.68. The lowest BCUT2D eigenvalue weighted by molar-refractivity contribution is 0.855. The Morgan fingerprint density at radius 2 is 1.92 bits per heavy atom. The molecule has 0 aliphatic heterocycles. The molecule has 0 radical (unpaired) electrons. The molecule has 2 N–H and O–H groups in total. The molecule has 0 saturated carbocycles. The summed E-state index contributed by atoms with van der Waals surface area (Å²) in [6.45, 7) is 4.58. The van der Waals surface area contributed by atoms with Gasteiger partial charge < -0.3 is 5.73 Å². The van der Waals surface area contributed by atoms with Gasteiger partial charge in [0, 0.05) is 0 Å². The van der Waals surface area contributed by atoms with Crippen molar-refractivity contribution in [3.8, 4) is 0 Å². The van der Waals surface area contributed by atoms with Crippen LogP contribution in [0.25, 0.3) is 0 Å². The molecule has 1 nitrogen and oxygen atoms in total. The van der Waals surface area contributed by atoms with Crippen molar-refractivity contribution >= 4 is 14.0 Å². The predicted octanol–water partition coefficient (Wildman–Crippen LogP) is 1.42. The molecule has 13 heavy (non-hydrogen) atoms. The van der Waals surface area contributed by atoms with Crippen LogP contribution in [0.3, 0.4) is 0 Å². The molecule has 2 atom stereocenters. The van der Waals surface area contributed by atoms with E-state index in [0.717, 1.165) is 11.7 Å². The highest BCUT2D eigenvalue weighted by Gasteiger charge is 2.17. The second kappa shape index (κ2) is 5.20. The van der Waals surface area contributed by atoms with Gasteiger partial charge in [0.15, 0.2) is 0 Å². The van der Waals surface area contributed by atoms with Gasteiger partial charge in [-0.05, 0) is 11.7 Å². The molecule has 0 saturated heterocycles. The van der Waals surface area contributed by atoms with Crippen LogP contribution in [0, 0.1) is 0 Å².